The number of rotatable bonds is 6. The van der Waals surface area contributed by atoms with E-state index in [-0.39, 0.29) is 17.4 Å². The first-order valence-electron chi connectivity index (χ1n) is 10.8. The molecule has 0 radical (unpaired) electrons. The first-order valence-corrected chi connectivity index (χ1v) is 10.8. The van der Waals surface area contributed by atoms with Gasteiger partial charge in [-0.1, -0.05) is 17.7 Å². The molecule has 31 heavy (non-hydrogen) atoms. The predicted octanol–water partition coefficient (Wildman–Crippen LogP) is 4.52. The zero-order chi connectivity index (χ0) is 22.0. The van der Waals surface area contributed by atoms with Gasteiger partial charge in [0.1, 0.15) is 5.69 Å². The van der Waals surface area contributed by atoms with Crippen LogP contribution in [0.4, 0.5) is 5.69 Å². The van der Waals surface area contributed by atoms with Gasteiger partial charge in [-0.2, -0.15) is 0 Å². The van der Waals surface area contributed by atoms with E-state index in [1.54, 1.807) is 0 Å². The lowest BCUT2D eigenvalue weighted by Crippen LogP contribution is -2.40. The molecule has 0 aliphatic carbocycles. The molecule has 6 nitrogen and oxygen atoms in total. The number of fused-ring (bicyclic) bond motifs is 1. The molecule has 1 atom stereocenters. The number of benzene rings is 2. The second-order valence-corrected chi connectivity index (χ2v) is 8.45. The van der Waals surface area contributed by atoms with Gasteiger partial charge in [0.2, 0.25) is 0 Å². The van der Waals surface area contributed by atoms with E-state index >= 15 is 0 Å². The van der Waals surface area contributed by atoms with Gasteiger partial charge < -0.3 is 19.9 Å². The van der Waals surface area contributed by atoms with Crippen LogP contribution in [-0.4, -0.2) is 35.1 Å². The minimum absolute atomic E-state index is 0.111. The first kappa shape index (κ1) is 21.1. The molecule has 0 unspecified atom stereocenters. The highest BCUT2D eigenvalue weighted by Gasteiger charge is 2.30. The molecular formula is C25H29N3O3. The molecule has 0 bridgehead atoms. The molecule has 0 spiro atoms. The van der Waals surface area contributed by atoms with Crippen molar-refractivity contribution in [2.45, 2.75) is 45.8 Å². The van der Waals surface area contributed by atoms with Gasteiger partial charge in [-0.15, -0.1) is 0 Å². The number of nitrogens with zero attached hydrogens (tertiary/aromatic N) is 1. The van der Waals surface area contributed by atoms with Crippen LogP contribution in [0.5, 0.6) is 0 Å². The van der Waals surface area contributed by atoms with Gasteiger partial charge in [0.25, 0.3) is 11.8 Å². The summed E-state index contributed by atoms with van der Waals surface area (Å²) < 4.78 is 7.77. The molecular weight excluding hydrogens is 390 g/mol. The highest BCUT2D eigenvalue weighted by Crippen LogP contribution is 2.26. The largest absolute Gasteiger partial charge is 0.373 e. The number of aromatic nitrogens is 1. The normalized spacial score (nSPS) is 18.3. The minimum Gasteiger partial charge on any atom is -0.373 e. The van der Waals surface area contributed by atoms with Crippen LogP contribution < -0.4 is 10.6 Å². The fourth-order valence-corrected chi connectivity index (χ4v) is 4.12. The summed E-state index contributed by atoms with van der Waals surface area (Å²) in [6.07, 6.45) is 1.98. The summed E-state index contributed by atoms with van der Waals surface area (Å²) in [5.41, 5.74) is 3.71. The Labute approximate surface area is 182 Å². The molecule has 4 rings (SSSR count). The maximum absolute atomic E-state index is 12.9. The average Bonchev–Trinajstić information content (AvgIpc) is 3.36. The highest BCUT2D eigenvalue weighted by atomic mass is 16.5. The number of aryl methyl sites for hydroxylation is 2. The lowest BCUT2D eigenvalue weighted by molar-refractivity contribution is 0.0205. The van der Waals surface area contributed by atoms with Crippen LogP contribution >= 0.6 is 0 Å². The summed E-state index contributed by atoms with van der Waals surface area (Å²) in [6, 6.07) is 15.1. The highest BCUT2D eigenvalue weighted by molar-refractivity contribution is 6.06. The molecule has 2 N–H and O–H groups in total. The van der Waals surface area contributed by atoms with Crippen molar-refractivity contribution in [3.05, 3.63) is 65.4 Å². The molecule has 1 fully saturated rings. The van der Waals surface area contributed by atoms with Crippen LogP contribution in [0.3, 0.4) is 0 Å². The number of hydrogen-bond donors (Lipinski definition) is 2. The van der Waals surface area contributed by atoms with Gasteiger partial charge in [-0.3, -0.25) is 9.59 Å². The number of ether oxygens (including phenoxy) is 1. The fourth-order valence-electron chi connectivity index (χ4n) is 4.12. The van der Waals surface area contributed by atoms with Crippen LogP contribution in [0.25, 0.3) is 10.9 Å². The average molecular weight is 420 g/mol. The van der Waals surface area contributed by atoms with Crippen molar-refractivity contribution >= 4 is 28.4 Å². The molecule has 0 saturated carbocycles. The third kappa shape index (κ3) is 4.49. The van der Waals surface area contributed by atoms with Crippen LogP contribution in [0.15, 0.2) is 48.5 Å². The second-order valence-electron chi connectivity index (χ2n) is 8.45. The lowest BCUT2D eigenvalue weighted by Gasteiger charge is -2.23. The van der Waals surface area contributed by atoms with E-state index < -0.39 is 0 Å². The summed E-state index contributed by atoms with van der Waals surface area (Å²) in [4.78, 5) is 25.5. The molecule has 1 aliphatic rings. The number of hydrogen-bond acceptors (Lipinski definition) is 3. The van der Waals surface area contributed by atoms with Gasteiger partial charge in [0.15, 0.2) is 0 Å². The van der Waals surface area contributed by atoms with Crippen molar-refractivity contribution in [2.75, 3.05) is 18.5 Å². The molecule has 3 aromatic rings. The molecule has 1 aliphatic heterocycles. The zero-order valence-electron chi connectivity index (χ0n) is 18.3. The lowest BCUT2D eigenvalue weighted by atomic mass is 10.0. The quantitative estimate of drug-likeness (QED) is 0.617. The first-order chi connectivity index (χ1) is 14.9. The number of nitrogens with one attached hydrogen (secondary N) is 2. The van der Waals surface area contributed by atoms with E-state index in [9.17, 15) is 9.59 Å². The summed E-state index contributed by atoms with van der Waals surface area (Å²) in [7, 11) is 0. The number of carbonyl (C=O) groups is 2. The van der Waals surface area contributed by atoms with Crippen molar-refractivity contribution < 1.29 is 14.3 Å². The van der Waals surface area contributed by atoms with Crippen LogP contribution in [-0.2, 0) is 11.3 Å². The monoisotopic (exact) mass is 419 g/mol. The Bertz CT molecular complexity index is 1110. The Morgan fingerprint density at radius 1 is 1.10 bits per heavy atom. The Morgan fingerprint density at radius 2 is 1.87 bits per heavy atom. The molecule has 6 heteroatoms. The van der Waals surface area contributed by atoms with Crippen molar-refractivity contribution in [2.24, 2.45) is 0 Å². The van der Waals surface area contributed by atoms with E-state index in [4.69, 9.17) is 4.74 Å². The SMILES string of the molecule is CCn1c(C(=O)NC[C@]2(C)CCCO2)cc2cc(NC(=O)c3ccc(C)cc3)ccc21. The number of anilines is 1. The number of amides is 2. The van der Waals surface area contributed by atoms with Gasteiger partial charge in [0, 0.05) is 41.9 Å². The molecule has 1 saturated heterocycles. The maximum atomic E-state index is 12.9. The van der Waals surface area contributed by atoms with E-state index in [0.29, 0.717) is 30.0 Å². The van der Waals surface area contributed by atoms with Crippen LogP contribution in [0, 0.1) is 6.92 Å². The Balaban J connectivity index is 1.53. The van der Waals surface area contributed by atoms with Gasteiger partial charge in [0.05, 0.1) is 5.60 Å². The molecule has 2 aromatic carbocycles. The van der Waals surface area contributed by atoms with Crippen molar-refractivity contribution in [3.63, 3.8) is 0 Å². The Hall–Kier alpha value is -3.12. The fraction of sp³-hybridized carbons (Fsp3) is 0.360. The van der Waals surface area contributed by atoms with Crippen molar-refractivity contribution in [1.29, 1.82) is 0 Å². The standard InChI is InChI=1S/C25H29N3O3/c1-4-28-21-11-10-20(27-23(29)18-8-6-17(2)7-9-18)14-19(21)15-22(28)24(30)26-16-25(3)12-5-13-31-25/h6-11,14-15H,4-5,12-13,16H2,1-3H3,(H,26,30)(H,27,29)/t25-/m0/s1. The predicted molar refractivity (Wildman–Crippen MR) is 123 cm³/mol. The zero-order valence-corrected chi connectivity index (χ0v) is 18.3. The van der Waals surface area contributed by atoms with Crippen LogP contribution in [0.2, 0.25) is 0 Å². The van der Waals surface area contributed by atoms with E-state index in [1.165, 1.54) is 0 Å². The van der Waals surface area contributed by atoms with Crippen molar-refractivity contribution in [1.82, 2.24) is 9.88 Å². The minimum atomic E-state index is -0.286. The van der Waals surface area contributed by atoms with Gasteiger partial charge in [-0.25, -0.2) is 0 Å². The van der Waals surface area contributed by atoms with E-state index in [2.05, 4.69) is 10.6 Å². The Kier molecular flexibility index (Phi) is 5.83. The van der Waals surface area contributed by atoms with Gasteiger partial charge in [-0.05, 0) is 70.0 Å². The molecule has 1 aromatic heterocycles. The summed E-state index contributed by atoms with van der Waals surface area (Å²) in [6.45, 7) is 7.97. The topological polar surface area (TPSA) is 72.4 Å². The number of carbonyl (C=O) groups excluding carboxylic acids is 2. The molecule has 162 valence electrons. The maximum Gasteiger partial charge on any atom is 0.268 e. The summed E-state index contributed by atoms with van der Waals surface area (Å²) in [5.74, 6) is -0.267. The summed E-state index contributed by atoms with van der Waals surface area (Å²) in [5, 5.41) is 6.90. The Morgan fingerprint density at radius 3 is 2.55 bits per heavy atom. The van der Waals surface area contributed by atoms with E-state index in [1.807, 2.05) is 73.9 Å². The van der Waals surface area contributed by atoms with E-state index in [0.717, 1.165) is 35.9 Å². The van der Waals surface area contributed by atoms with Gasteiger partial charge >= 0.3 is 0 Å². The molecule has 2 amide bonds. The molecule has 2 heterocycles. The third-order valence-corrected chi connectivity index (χ3v) is 5.95. The van der Waals surface area contributed by atoms with Crippen LogP contribution in [0.1, 0.15) is 53.1 Å². The third-order valence-electron chi connectivity index (χ3n) is 5.95. The summed E-state index contributed by atoms with van der Waals surface area (Å²) >= 11 is 0. The second kappa shape index (κ2) is 8.55. The smallest absolute Gasteiger partial charge is 0.268 e. The van der Waals surface area contributed by atoms with Crippen molar-refractivity contribution in [3.8, 4) is 0 Å².